The number of hydrogen-bond acceptors (Lipinski definition) is 9. The predicted molar refractivity (Wildman–Crippen MR) is 133 cm³/mol. The molecule has 2 saturated heterocycles. The van der Waals surface area contributed by atoms with E-state index in [2.05, 4.69) is 10.3 Å². The molecule has 2 fully saturated rings. The maximum Gasteiger partial charge on any atom is 0.351 e. The molecule has 2 aliphatic rings. The summed E-state index contributed by atoms with van der Waals surface area (Å²) in [4.78, 5) is 30.5. The van der Waals surface area contributed by atoms with Crippen molar-refractivity contribution < 1.29 is 29.2 Å². The molecule has 0 radical (unpaired) electrons. The van der Waals surface area contributed by atoms with Crippen molar-refractivity contribution in [3.63, 3.8) is 0 Å². The molecule has 3 N–H and O–H groups in total. The lowest BCUT2D eigenvalue weighted by atomic mass is 9.96. The SMILES string of the molecule is CCC(C)/C=C/C(=O)Nc1ccn([C@H]2CC[C@H](O[C@H]3O[C@H](C)[C@@H](N(C)C)[C@H](O)[C@H]3O)[C@@H](C)O2)c(=O)n1. The van der Waals surface area contributed by atoms with Crippen molar-refractivity contribution in [1.29, 1.82) is 0 Å². The summed E-state index contributed by atoms with van der Waals surface area (Å²) in [6.45, 7) is 7.71. The van der Waals surface area contributed by atoms with Crippen molar-refractivity contribution in [3.8, 4) is 0 Å². The Morgan fingerprint density at radius 1 is 1.28 bits per heavy atom. The molecular weight excluding hydrogens is 468 g/mol. The minimum atomic E-state index is -1.20. The maximum absolute atomic E-state index is 12.6. The van der Waals surface area contributed by atoms with Crippen LogP contribution in [0, 0.1) is 5.92 Å². The highest BCUT2D eigenvalue weighted by Crippen LogP contribution is 2.32. The van der Waals surface area contributed by atoms with E-state index in [1.165, 1.54) is 10.6 Å². The third-order valence-electron chi connectivity index (χ3n) is 6.92. The van der Waals surface area contributed by atoms with E-state index in [1.54, 1.807) is 12.3 Å². The van der Waals surface area contributed by atoms with Crippen molar-refractivity contribution in [2.24, 2.45) is 5.92 Å². The van der Waals surface area contributed by atoms with Crippen LogP contribution in [0.5, 0.6) is 0 Å². The quantitative estimate of drug-likeness (QED) is 0.444. The average Bonchev–Trinajstić information content (AvgIpc) is 2.82. The van der Waals surface area contributed by atoms with Gasteiger partial charge in [-0.05, 0) is 58.8 Å². The molecule has 0 saturated carbocycles. The summed E-state index contributed by atoms with van der Waals surface area (Å²) in [6, 6.07) is 1.20. The number of likely N-dealkylation sites (N-methyl/N-ethyl adjacent to an activating group) is 1. The van der Waals surface area contributed by atoms with Gasteiger partial charge in [0.25, 0.3) is 0 Å². The summed E-state index contributed by atoms with van der Waals surface area (Å²) in [7, 11) is 3.64. The van der Waals surface area contributed by atoms with E-state index >= 15 is 0 Å². The van der Waals surface area contributed by atoms with Crippen LogP contribution in [0.4, 0.5) is 5.82 Å². The molecule has 1 unspecified atom stereocenters. The molecule has 9 atom stereocenters. The van der Waals surface area contributed by atoms with Gasteiger partial charge >= 0.3 is 5.69 Å². The minimum Gasteiger partial charge on any atom is -0.388 e. The van der Waals surface area contributed by atoms with Gasteiger partial charge in [-0.15, -0.1) is 0 Å². The fraction of sp³-hybridized carbons (Fsp3) is 0.720. The fourth-order valence-corrected chi connectivity index (χ4v) is 4.61. The predicted octanol–water partition coefficient (Wildman–Crippen LogP) is 1.26. The summed E-state index contributed by atoms with van der Waals surface area (Å²) in [5.41, 5.74) is -0.534. The lowest BCUT2D eigenvalue weighted by Crippen LogP contribution is -2.62. The monoisotopic (exact) mass is 508 g/mol. The Morgan fingerprint density at radius 3 is 2.61 bits per heavy atom. The van der Waals surface area contributed by atoms with E-state index in [9.17, 15) is 19.8 Å². The molecule has 0 bridgehead atoms. The van der Waals surface area contributed by atoms with E-state index in [4.69, 9.17) is 14.2 Å². The van der Waals surface area contributed by atoms with Gasteiger partial charge < -0.3 is 34.6 Å². The second kappa shape index (κ2) is 12.4. The number of aliphatic hydroxyl groups is 2. The Balaban J connectivity index is 1.58. The molecule has 202 valence electrons. The van der Waals surface area contributed by atoms with Crippen molar-refractivity contribution in [2.75, 3.05) is 19.4 Å². The summed E-state index contributed by atoms with van der Waals surface area (Å²) in [5, 5.41) is 23.7. The number of allylic oxidation sites excluding steroid dienone is 1. The summed E-state index contributed by atoms with van der Waals surface area (Å²) in [5.74, 6) is 0.115. The van der Waals surface area contributed by atoms with Crippen molar-refractivity contribution in [1.82, 2.24) is 14.5 Å². The highest BCUT2D eigenvalue weighted by molar-refractivity contribution is 5.98. The van der Waals surface area contributed by atoms with Gasteiger partial charge in [0.05, 0.1) is 24.4 Å². The lowest BCUT2D eigenvalue weighted by molar-refractivity contribution is -0.310. The Labute approximate surface area is 212 Å². The van der Waals surface area contributed by atoms with Gasteiger partial charge in [0.15, 0.2) is 6.29 Å². The zero-order chi connectivity index (χ0) is 26.6. The van der Waals surface area contributed by atoms with Gasteiger partial charge in [0.2, 0.25) is 5.91 Å². The largest absolute Gasteiger partial charge is 0.388 e. The molecule has 0 aromatic carbocycles. The Bertz CT molecular complexity index is 968. The highest BCUT2D eigenvalue weighted by Gasteiger charge is 2.46. The molecule has 11 nitrogen and oxygen atoms in total. The van der Waals surface area contributed by atoms with Crippen LogP contribution in [-0.2, 0) is 19.0 Å². The summed E-state index contributed by atoms with van der Waals surface area (Å²) < 4.78 is 19.3. The number of aromatic nitrogens is 2. The molecule has 11 heteroatoms. The minimum absolute atomic E-state index is 0.173. The van der Waals surface area contributed by atoms with E-state index in [0.29, 0.717) is 12.8 Å². The van der Waals surface area contributed by atoms with Crippen LogP contribution >= 0.6 is 0 Å². The normalized spacial score (nSPS) is 34.1. The molecule has 0 aliphatic carbocycles. The second-order valence-electron chi connectivity index (χ2n) is 9.93. The molecule has 3 heterocycles. The first kappa shape index (κ1) is 28.4. The first-order valence-corrected chi connectivity index (χ1v) is 12.6. The maximum atomic E-state index is 12.6. The van der Waals surface area contributed by atoms with Gasteiger partial charge in [-0.3, -0.25) is 9.36 Å². The number of ether oxygens (including phenoxy) is 3. The standard InChI is InChI=1S/C25H40N4O7/c1-7-14(2)8-10-19(30)26-18-12-13-29(25(33)27-18)20-11-9-17(15(3)34-20)36-24-23(32)22(31)21(28(5)6)16(4)35-24/h8,10,12-17,20-24,31-32H,7,9,11H2,1-6H3,(H,26,27,30,33)/b10-8+/t14?,15-,16-,17+,20-,21-,22+,23-,24-/m1/s1. The number of anilines is 1. The lowest BCUT2D eigenvalue weighted by Gasteiger charge is -2.46. The van der Waals surface area contributed by atoms with Crippen LogP contribution in [0.15, 0.2) is 29.2 Å². The number of hydrogen-bond donors (Lipinski definition) is 3. The molecule has 1 aromatic rings. The smallest absolute Gasteiger partial charge is 0.351 e. The summed E-state index contributed by atoms with van der Waals surface area (Å²) in [6.07, 6.45) is 1.86. The first-order chi connectivity index (χ1) is 17.0. The van der Waals surface area contributed by atoms with Crippen LogP contribution < -0.4 is 11.0 Å². The van der Waals surface area contributed by atoms with E-state index in [0.717, 1.165) is 6.42 Å². The Morgan fingerprint density at radius 2 is 2.00 bits per heavy atom. The summed E-state index contributed by atoms with van der Waals surface area (Å²) >= 11 is 0. The molecule has 3 rings (SSSR count). The fourth-order valence-electron chi connectivity index (χ4n) is 4.61. The Kier molecular flexibility index (Phi) is 9.79. The molecule has 1 amide bonds. The van der Waals surface area contributed by atoms with Crippen molar-refractivity contribution in [2.45, 2.75) is 96.0 Å². The third-order valence-corrected chi connectivity index (χ3v) is 6.92. The zero-order valence-electron chi connectivity index (χ0n) is 21.9. The van der Waals surface area contributed by atoms with Crippen LogP contribution in [0.1, 0.15) is 53.2 Å². The van der Waals surface area contributed by atoms with Gasteiger partial charge in [0, 0.05) is 6.20 Å². The molecule has 36 heavy (non-hydrogen) atoms. The van der Waals surface area contributed by atoms with Gasteiger partial charge in [-0.1, -0.05) is 26.3 Å². The highest BCUT2D eigenvalue weighted by atomic mass is 16.7. The molecular formula is C25H40N4O7. The van der Waals surface area contributed by atoms with Crippen LogP contribution in [0.25, 0.3) is 0 Å². The molecule has 1 aromatic heterocycles. The van der Waals surface area contributed by atoms with Crippen LogP contribution in [-0.4, -0.2) is 87.5 Å². The van der Waals surface area contributed by atoms with Crippen LogP contribution in [0.2, 0.25) is 0 Å². The average molecular weight is 509 g/mol. The Hall–Kier alpha value is -2.15. The number of aliphatic hydroxyl groups excluding tert-OH is 2. The topological polar surface area (TPSA) is 135 Å². The van der Waals surface area contributed by atoms with E-state index < -0.39 is 42.6 Å². The molecule has 0 spiro atoms. The van der Waals surface area contributed by atoms with Gasteiger partial charge in [-0.25, -0.2) is 4.79 Å². The zero-order valence-corrected chi connectivity index (χ0v) is 21.9. The van der Waals surface area contributed by atoms with E-state index in [1.807, 2.05) is 52.8 Å². The number of nitrogens with one attached hydrogen (secondary N) is 1. The van der Waals surface area contributed by atoms with E-state index in [-0.39, 0.29) is 29.8 Å². The first-order valence-electron chi connectivity index (χ1n) is 12.6. The third kappa shape index (κ3) is 6.78. The van der Waals surface area contributed by atoms with Crippen LogP contribution in [0.3, 0.4) is 0 Å². The second-order valence-corrected chi connectivity index (χ2v) is 9.93. The number of rotatable bonds is 8. The number of amides is 1. The number of carbonyl (C=O) groups is 1. The van der Waals surface area contributed by atoms with Gasteiger partial charge in [0.1, 0.15) is 24.3 Å². The van der Waals surface area contributed by atoms with Crippen molar-refractivity contribution >= 4 is 11.7 Å². The number of carbonyl (C=O) groups excluding carboxylic acids is 1. The molecule has 2 aliphatic heterocycles. The van der Waals surface area contributed by atoms with Gasteiger partial charge in [-0.2, -0.15) is 4.98 Å². The van der Waals surface area contributed by atoms with Crippen molar-refractivity contribution in [3.05, 3.63) is 34.9 Å². The number of nitrogens with zero attached hydrogens (tertiary/aromatic N) is 3.